The van der Waals surface area contributed by atoms with E-state index in [1.807, 2.05) is 6.07 Å². The third-order valence-corrected chi connectivity index (χ3v) is 3.86. The zero-order chi connectivity index (χ0) is 17.0. The molecule has 1 aromatic carbocycles. The number of hydrogen-bond donors (Lipinski definition) is 0. The number of ether oxygens (including phenoxy) is 5. The quantitative estimate of drug-likeness (QED) is 0.403. The average Bonchev–Trinajstić information content (AvgIpc) is 3.04. The lowest BCUT2D eigenvalue weighted by Gasteiger charge is -2.11. The summed E-state index contributed by atoms with van der Waals surface area (Å²) < 4.78 is 27.6. The lowest BCUT2D eigenvalue weighted by Crippen LogP contribution is -2.10. The van der Waals surface area contributed by atoms with Crippen LogP contribution in [0.1, 0.15) is 44.2 Å². The Morgan fingerprint density at radius 2 is 1.40 bits per heavy atom. The molecule has 0 atom stereocenters. The molecule has 0 saturated carbocycles. The van der Waals surface area contributed by atoms with Crippen LogP contribution in [0.4, 0.5) is 0 Å². The molecule has 0 aromatic heterocycles. The highest BCUT2D eigenvalue weighted by Crippen LogP contribution is 2.35. The summed E-state index contributed by atoms with van der Waals surface area (Å²) in [5.41, 5.74) is 2.44. The molecule has 0 fully saturated rings. The predicted molar refractivity (Wildman–Crippen MR) is 103 cm³/mol. The van der Waals surface area contributed by atoms with Gasteiger partial charge in [-0.3, -0.25) is 0 Å². The van der Waals surface area contributed by atoms with Crippen molar-refractivity contribution in [3.63, 3.8) is 0 Å². The van der Waals surface area contributed by atoms with Crippen LogP contribution in [0.25, 0.3) is 0 Å². The zero-order valence-electron chi connectivity index (χ0n) is 15.0. The minimum atomic E-state index is 0. The lowest BCUT2D eigenvalue weighted by molar-refractivity contribution is 0.0101. The molecule has 1 aliphatic rings. The van der Waals surface area contributed by atoms with Gasteiger partial charge in [0.1, 0.15) is 0 Å². The van der Waals surface area contributed by atoms with Gasteiger partial charge >= 0.3 is 0 Å². The Bertz CT molecular complexity index is 481. The van der Waals surface area contributed by atoms with E-state index in [-0.39, 0.29) is 8.41 Å². The third-order valence-electron chi connectivity index (χ3n) is 3.86. The zero-order valence-corrected chi connectivity index (χ0v) is 15.0. The second-order valence-corrected chi connectivity index (χ2v) is 5.86. The molecule has 0 N–H and O–H groups in total. The van der Waals surface area contributed by atoms with Gasteiger partial charge in [0.2, 0.25) is 6.79 Å². The van der Waals surface area contributed by atoms with Crippen molar-refractivity contribution in [2.75, 3.05) is 39.8 Å². The summed E-state index contributed by atoms with van der Waals surface area (Å²) in [6.45, 7) is 8.47. The van der Waals surface area contributed by atoms with Gasteiger partial charge in [-0.1, -0.05) is 26.7 Å². The van der Waals surface area contributed by atoms with Crippen molar-refractivity contribution in [3.8, 4) is 11.5 Å². The van der Waals surface area contributed by atoms with Crippen LogP contribution >= 0.6 is 0 Å². The summed E-state index contributed by atoms with van der Waals surface area (Å²) in [6, 6.07) is 4.12. The molecule has 6 heteroatoms. The van der Waals surface area contributed by atoms with Crippen LogP contribution in [0.2, 0.25) is 0 Å². The number of aryl methyl sites for hydroxylation is 1. The first-order valence-electron chi connectivity index (χ1n) is 8.99. The topological polar surface area (TPSA) is 46.2 Å². The van der Waals surface area contributed by atoms with Gasteiger partial charge in [0.25, 0.3) is 0 Å². The second-order valence-electron chi connectivity index (χ2n) is 5.86. The Kier molecular flexibility index (Phi) is 11.4. The monoisotopic (exact) mass is 352 g/mol. The molecule has 0 radical (unpaired) electrons. The van der Waals surface area contributed by atoms with E-state index >= 15 is 0 Å². The highest BCUT2D eigenvalue weighted by Gasteiger charge is 2.16. The summed E-state index contributed by atoms with van der Waals surface area (Å²) in [4.78, 5) is 0. The molecule has 0 unspecified atom stereocenters. The largest absolute Gasteiger partial charge is 0.454 e. The van der Waals surface area contributed by atoms with Crippen molar-refractivity contribution in [3.05, 3.63) is 23.3 Å². The Morgan fingerprint density at radius 3 is 2.04 bits per heavy atom. The van der Waals surface area contributed by atoms with Gasteiger partial charge in [-0.05, 0) is 36.1 Å². The van der Waals surface area contributed by atoms with Gasteiger partial charge in [0, 0.05) is 6.61 Å². The highest BCUT2D eigenvalue weighted by molar-refractivity contribution is 5.75. The van der Waals surface area contributed by atoms with Crippen molar-refractivity contribution in [2.24, 2.45) is 0 Å². The number of rotatable bonds is 13. The smallest absolute Gasteiger partial charge is 0.231 e. The van der Waals surface area contributed by atoms with Crippen molar-refractivity contribution in [2.45, 2.75) is 46.1 Å². The van der Waals surface area contributed by atoms with Crippen LogP contribution in [0.5, 0.6) is 11.5 Å². The van der Waals surface area contributed by atoms with E-state index < -0.39 is 0 Å². The molecule has 2 rings (SSSR count). The normalized spacial score (nSPS) is 12.2. The molecule has 1 heterocycles. The number of fused-ring (bicyclic) bond motifs is 1. The maximum atomic E-state index is 5.75. The summed E-state index contributed by atoms with van der Waals surface area (Å²) in [5, 5.41) is 0. The van der Waals surface area contributed by atoms with E-state index in [1.165, 1.54) is 11.1 Å². The molecule has 0 aliphatic carbocycles. The Hall–Kier alpha value is -1.24. The molecule has 0 spiro atoms. The van der Waals surface area contributed by atoms with Crippen LogP contribution in [-0.4, -0.2) is 48.2 Å². The van der Waals surface area contributed by atoms with Crippen molar-refractivity contribution < 1.29 is 23.7 Å². The van der Waals surface area contributed by atoms with E-state index in [1.54, 1.807) is 0 Å². The SMILES string of the molecule is B.CCCCOCCOCCOCc1cc2c(cc1CCC)OCO2. The Balaban J connectivity index is 0.00000312. The molecule has 5 nitrogen and oxygen atoms in total. The lowest BCUT2D eigenvalue weighted by atomic mass is 10.0. The van der Waals surface area contributed by atoms with E-state index in [0.717, 1.165) is 43.8 Å². The summed E-state index contributed by atoms with van der Waals surface area (Å²) in [5.74, 6) is 1.66. The second kappa shape index (κ2) is 13.0. The molecule has 1 aromatic rings. The average molecular weight is 352 g/mol. The number of unbranched alkanes of at least 4 members (excludes halogenated alkanes) is 1. The van der Waals surface area contributed by atoms with Gasteiger partial charge in [-0.25, -0.2) is 0 Å². The summed E-state index contributed by atoms with van der Waals surface area (Å²) in [6.07, 6.45) is 4.38. The van der Waals surface area contributed by atoms with Crippen LogP contribution in [0.15, 0.2) is 12.1 Å². The van der Waals surface area contributed by atoms with Gasteiger partial charge in [0.15, 0.2) is 11.5 Å². The maximum Gasteiger partial charge on any atom is 0.231 e. The van der Waals surface area contributed by atoms with E-state index in [2.05, 4.69) is 19.9 Å². The van der Waals surface area contributed by atoms with Crippen molar-refractivity contribution in [1.82, 2.24) is 0 Å². The Morgan fingerprint density at radius 1 is 0.800 bits per heavy atom. The predicted octanol–water partition coefficient (Wildman–Crippen LogP) is 2.53. The fraction of sp³-hybridized carbons (Fsp3) is 0.684. The van der Waals surface area contributed by atoms with Crippen LogP contribution in [-0.2, 0) is 27.2 Å². The van der Waals surface area contributed by atoms with Crippen molar-refractivity contribution >= 4 is 8.41 Å². The number of benzene rings is 1. The van der Waals surface area contributed by atoms with Crippen LogP contribution in [0, 0.1) is 0 Å². The molecule has 0 bridgehead atoms. The third kappa shape index (κ3) is 7.67. The molecular formula is C19H33BO5. The van der Waals surface area contributed by atoms with Gasteiger partial charge < -0.3 is 23.7 Å². The van der Waals surface area contributed by atoms with Crippen LogP contribution in [0.3, 0.4) is 0 Å². The first-order chi connectivity index (χ1) is 11.8. The molecule has 1 aliphatic heterocycles. The van der Waals surface area contributed by atoms with Gasteiger partial charge in [-0.2, -0.15) is 0 Å². The fourth-order valence-electron chi connectivity index (χ4n) is 2.53. The van der Waals surface area contributed by atoms with Crippen molar-refractivity contribution in [1.29, 1.82) is 0 Å². The maximum absolute atomic E-state index is 5.75. The number of hydrogen-bond acceptors (Lipinski definition) is 5. The molecule has 0 amide bonds. The minimum absolute atomic E-state index is 0. The van der Waals surface area contributed by atoms with E-state index in [0.29, 0.717) is 39.8 Å². The minimum Gasteiger partial charge on any atom is -0.454 e. The van der Waals surface area contributed by atoms with Gasteiger partial charge in [0.05, 0.1) is 41.4 Å². The van der Waals surface area contributed by atoms with E-state index in [4.69, 9.17) is 23.7 Å². The molecular weight excluding hydrogens is 319 g/mol. The Labute approximate surface area is 153 Å². The summed E-state index contributed by atoms with van der Waals surface area (Å²) >= 11 is 0. The van der Waals surface area contributed by atoms with Crippen LogP contribution < -0.4 is 9.47 Å². The highest BCUT2D eigenvalue weighted by atomic mass is 16.7. The summed E-state index contributed by atoms with van der Waals surface area (Å²) in [7, 11) is 0. The molecule has 0 saturated heterocycles. The fourth-order valence-corrected chi connectivity index (χ4v) is 2.53. The first kappa shape index (κ1) is 21.8. The molecule has 142 valence electrons. The first-order valence-corrected chi connectivity index (χ1v) is 8.99. The molecule has 25 heavy (non-hydrogen) atoms. The van der Waals surface area contributed by atoms with E-state index in [9.17, 15) is 0 Å². The standard InChI is InChI=1S/C19H30O5.BH3/c1-3-5-7-20-8-9-21-10-11-22-14-17-13-19-18(23-15-24-19)12-16(17)6-4-2;/h12-13H,3-11,14-15H2,1-2H3;1H3. The van der Waals surface area contributed by atoms with Gasteiger partial charge in [-0.15, -0.1) is 0 Å².